The van der Waals surface area contributed by atoms with E-state index in [0.29, 0.717) is 29.2 Å². The van der Waals surface area contributed by atoms with E-state index in [4.69, 9.17) is 16.3 Å². The van der Waals surface area contributed by atoms with Crippen molar-refractivity contribution < 1.29 is 19.1 Å². The van der Waals surface area contributed by atoms with Gasteiger partial charge in [-0.2, -0.15) is 0 Å². The molecule has 40 heavy (non-hydrogen) atoms. The van der Waals surface area contributed by atoms with Gasteiger partial charge in [0.1, 0.15) is 17.7 Å². The van der Waals surface area contributed by atoms with Gasteiger partial charge in [-0.3, -0.25) is 9.59 Å². The molecule has 218 valence electrons. The number of benzene rings is 2. The number of unbranched alkanes of at least 4 members (excludes halogenated alkanes) is 2. The second kappa shape index (κ2) is 14.9. The Morgan fingerprint density at radius 1 is 1.10 bits per heavy atom. The molecule has 0 aliphatic heterocycles. The Bertz CT molecular complexity index is 1170. The molecule has 2 N–H and O–H groups in total. The van der Waals surface area contributed by atoms with Crippen molar-refractivity contribution in [1.29, 1.82) is 0 Å². The summed E-state index contributed by atoms with van der Waals surface area (Å²) in [5.41, 5.74) is 2.01. The molecule has 3 amide bonds. The number of nitrogens with one attached hydrogen (secondary N) is 2. The molecule has 0 aliphatic rings. The van der Waals surface area contributed by atoms with Crippen LogP contribution in [-0.2, 0) is 14.3 Å². The van der Waals surface area contributed by atoms with Gasteiger partial charge in [-0.05, 0) is 68.9 Å². The average molecular weight is 570 g/mol. The normalized spacial score (nSPS) is 12.8. The van der Waals surface area contributed by atoms with Gasteiger partial charge in [0.05, 0.1) is 10.7 Å². The molecule has 0 aromatic heterocycles. The van der Waals surface area contributed by atoms with Crippen LogP contribution in [0, 0.1) is 12.8 Å². The van der Waals surface area contributed by atoms with Crippen molar-refractivity contribution in [3.8, 4) is 0 Å². The van der Waals surface area contributed by atoms with Gasteiger partial charge in [0.15, 0.2) is 0 Å². The number of carbonyl (C=O) groups is 3. The van der Waals surface area contributed by atoms with E-state index in [1.54, 1.807) is 37.8 Å². The SMILES string of the molecule is C=Cc1cccc(C(C(=O)Nc2c(C)cccc2Cl)N(CCCCC)C(=O)C(NC(=O)OC(C)(C)C)C(C)C)c1. The molecule has 7 nitrogen and oxygen atoms in total. The van der Waals surface area contributed by atoms with E-state index >= 15 is 0 Å². The molecule has 0 heterocycles. The first-order chi connectivity index (χ1) is 18.8. The highest BCUT2D eigenvalue weighted by molar-refractivity contribution is 6.34. The Morgan fingerprint density at radius 2 is 1.77 bits per heavy atom. The van der Waals surface area contributed by atoms with E-state index < -0.39 is 29.7 Å². The van der Waals surface area contributed by atoms with Crippen molar-refractivity contribution in [3.63, 3.8) is 0 Å². The molecule has 0 bridgehead atoms. The minimum absolute atomic E-state index is 0.261. The van der Waals surface area contributed by atoms with E-state index in [2.05, 4.69) is 24.1 Å². The van der Waals surface area contributed by atoms with Crippen LogP contribution < -0.4 is 10.6 Å². The zero-order chi connectivity index (χ0) is 30.0. The average Bonchev–Trinajstić information content (AvgIpc) is 2.87. The monoisotopic (exact) mass is 569 g/mol. The van der Waals surface area contributed by atoms with Crippen molar-refractivity contribution in [3.05, 3.63) is 70.8 Å². The summed E-state index contributed by atoms with van der Waals surface area (Å²) in [6.45, 7) is 17.1. The van der Waals surface area contributed by atoms with Gasteiger partial charge in [0, 0.05) is 6.54 Å². The van der Waals surface area contributed by atoms with Gasteiger partial charge in [0.2, 0.25) is 5.91 Å². The number of anilines is 1. The molecule has 0 saturated heterocycles. The summed E-state index contributed by atoms with van der Waals surface area (Å²) >= 11 is 6.45. The molecule has 2 atom stereocenters. The van der Waals surface area contributed by atoms with E-state index in [1.807, 2.05) is 57.2 Å². The summed E-state index contributed by atoms with van der Waals surface area (Å²) in [7, 11) is 0. The molecular weight excluding hydrogens is 526 g/mol. The Balaban J connectivity index is 2.61. The lowest BCUT2D eigenvalue weighted by Gasteiger charge is -2.36. The Kier molecular flexibility index (Phi) is 12.2. The number of amides is 3. The lowest BCUT2D eigenvalue weighted by Crippen LogP contribution is -2.54. The van der Waals surface area contributed by atoms with Crippen LogP contribution in [0.2, 0.25) is 5.02 Å². The van der Waals surface area contributed by atoms with Crippen molar-refractivity contribution in [2.75, 3.05) is 11.9 Å². The molecule has 0 saturated carbocycles. The maximum absolute atomic E-state index is 14.3. The third-order valence-corrected chi connectivity index (χ3v) is 6.70. The number of aryl methyl sites for hydroxylation is 1. The van der Waals surface area contributed by atoms with Crippen molar-refractivity contribution in [2.45, 2.75) is 85.4 Å². The number of alkyl carbamates (subject to hydrolysis) is 1. The van der Waals surface area contributed by atoms with E-state index in [1.165, 1.54) is 0 Å². The fraction of sp³-hybridized carbons (Fsp3) is 0.469. The molecule has 2 rings (SSSR count). The summed E-state index contributed by atoms with van der Waals surface area (Å²) in [6.07, 6.45) is 3.51. The largest absolute Gasteiger partial charge is 0.444 e. The van der Waals surface area contributed by atoms with Gasteiger partial charge >= 0.3 is 6.09 Å². The van der Waals surface area contributed by atoms with E-state index in [-0.39, 0.29) is 11.8 Å². The summed E-state index contributed by atoms with van der Waals surface area (Å²) in [4.78, 5) is 42.7. The van der Waals surface area contributed by atoms with Crippen LogP contribution in [-0.4, -0.2) is 41.0 Å². The molecule has 2 unspecified atom stereocenters. The Hall–Kier alpha value is -3.32. The number of rotatable bonds is 12. The van der Waals surface area contributed by atoms with Crippen molar-refractivity contribution in [2.24, 2.45) is 5.92 Å². The van der Waals surface area contributed by atoms with Crippen LogP contribution in [0.25, 0.3) is 6.08 Å². The number of ether oxygens (including phenoxy) is 1. The number of hydrogen-bond acceptors (Lipinski definition) is 4. The first-order valence-corrected chi connectivity index (χ1v) is 14.2. The standard InChI is InChI=1S/C32H44ClN3O4/c1-9-11-12-19-36(30(38)26(21(3)4)35-31(39)40-32(6,7)8)28(24-17-14-16-23(10-2)20-24)29(37)34-27-22(5)15-13-18-25(27)33/h10,13-18,20-21,26,28H,2,9,11-12,19H2,1,3-8H3,(H,34,37)(H,35,39). The molecule has 0 fully saturated rings. The third-order valence-electron chi connectivity index (χ3n) is 6.38. The van der Waals surface area contributed by atoms with Crippen LogP contribution in [0.4, 0.5) is 10.5 Å². The topological polar surface area (TPSA) is 87.7 Å². The maximum atomic E-state index is 14.3. The van der Waals surface area contributed by atoms with Crippen molar-refractivity contribution in [1.82, 2.24) is 10.2 Å². The van der Waals surface area contributed by atoms with Crippen LogP contribution in [0.15, 0.2) is 49.0 Å². The Morgan fingerprint density at radius 3 is 2.35 bits per heavy atom. The first kappa shape index (κ1) is 32.9. The highest BCUT2D eigenvalue weighted by Crippen LogP contribution is 2.30. The molecule has 2 aromatic carbocycles. The quantitative estimate of drug-likeness (QED) is 0.258. The zero-order valence-electron chi connectivity index (χ0n) is 24.8. The fourth-order valence-electron chi connectivity index (χ4n) is 4.34. The molecular formula is C32H44ClN3O4. The maximum Gasteiger partial charge on any atom is 0.408 e. The number of carbonyl (C=O) groups excluding carboxylic acids is 3. The van der Waals surface area contributed by atoms with E-state index in [0.717, 1.165) is 24.0 Å². The minimum Gasteiger partial charge on any atom is -0.444 e. The van der Waals surface area contributed by atoms with Gasteiger partial charge in [0.25, 0.3) is 5.91 Å². The first-order valence-electron chi connectivity index (χ1n) is 13.9. The number of halogens is 1. The molecule has 2 aromatic rings. The fourth-order valence-corrected chi connectivity index (χ4v) is 4.61. The Labute approximate surface area is 244 Å². The number of para-hydroxylation sites is 1. The van der Waals surface area contributed by atoms with Gasteiger partial charge < -0.3 is 20.3 Å². The summed E-state index contributed by atoms with van der Waals surface area (Å²) in [5.74, 6) is -1.03. The third kappa shape index (κ3) is 9.40. The predicted octanol–water partition coefficient (Wildman–Crippen LogP) is 7.54. The zero-order valence-corrected chi connectivity index (χ0v) is 25.6. The van der Waals surface area contributed by atoms with Gasteiger partial charge in [-0.15, -0.1) is 0 Å². The van der Waals surface area contributed by atoms with Crippen LogP contribution in [0.1, 0.15) is 83.5 Å². The predicted molar refractivity (Wildman–Crippen MR) is 163 cm³/mol. The summed E-state index contributed by atoms with van der Waals surface area (Å²) in [6, 6.07) is 10.9. The van der Waals surface area contributed by atoms with Crippen molar-refractivity contribution >= 4 is 41.3 Å². The van der Waals surface area contributed by atoms with Crippen LogP contribution in [0.5, 0.6) is 0 Å². The molecule has 0 aliphatic carbocycles. The highest BCUT2D eigenvalue weighted by atomic mass is 35.5. The minimum atomic E-state index is -0.985. The number of nitrogens with zero attached hydrogens (tertiary/aromatic N) is 1. The second-order valence-electron chi connectivity index (χ2n) is 11.3. The highest BCUT2D eigenvalue weighted by Gasteiger charge is 2.37. The summed E-state index contributed by atoms with van der Waals surface area (Å²) in [5, 5.41) is 6.14. The van der Waals surface area contributed by atoms with Gasteiger partial charge in [-0.25, -0.2) is 4.79 Å². The van der Waals surface area contributed by atoms with Crippen LogP contribution in [0.3, 0.4) is 0 Å². The lowest BCUT2D eigenvalue weighted by molar-refractivity contribution is -0.141. The van der Waals surface area contributed by atoms with Gasteiger partial charge in [-0.1, -0.05) is 88.2 Å². The second-order valence-corrected chi connectivity index (χ2v) is 11.7. The lowest BCUT2D eigenvalue weighted by atomic mass is 9.97. The smallest absolute Gasteiger partial charge is 0.408 e. The summed E-state index contributed by atoms with van der Waals surface area (Å²) < 4.78 is 5.45. The molecule has 8 heteroatoms. The molecule has 0 radical (unpaired) electrons. The van der Waals surface area contributed by atoms with Crippen LogP contribution >= 0.6 is 11.6 Å². The number of hydrogen-bond donors (Lipinski definition) is 2. The van der Waals surface area contributed by atoms with E-state index in [9.17, 15) is 14.4 Å². The molecule has 0 spiro atoms.